The van der Waals surface area contributed by atoms with E-state index in [0.717, 1.165) is 37.1 Å². The third kappa shape index (κ3) is 7.77. The molecule has 2 aromatic carbocycles. The lowest BCUT2D eigenvalue weighted by atomic mass is 10.1. The summed E-state index contributed by atoms with van der Waals surface area (Å²) in [6.45, 7) is 0.963. The Kier molecular flexibility index (Phi) is 9.15. The lowest BCUT2D eigenvalue weighted by molar-refractivity contribution is -0.137. The van der Waals surface area contributed by atoms with Crippen LogP contribution in [0, 0.1) is 0 Å². The number of aromatic nitrogens is 1. The number of alkyl halides is 3. The summed E-state index contributed by atoms with van der Waals surface area (Å²) in [5.74, 6) is 1.09. The molecule has 0 aliphatic heterocycles. The molecule has 3 rings (SSSR count). The molecule has 0 aliphatic carbocycles. The largest absolute Gasteiger partial charge is 0.487 e. The quantitative estimate of drug-likeness (QED) is 0.396. The second kappa shape index (κ2) is 11.6. The predicted octanol–water partition coefficient (Wildman–Crippen LogP) is 6.15. The number of nitrogens with two attached hydrogens (primary N) is 1. The van der Waals surface area contributed by atoms with Crippen molar-refractivity contribution in [3.63, 3.8) is 0 Å². The maximum absolute atomic E-state index is 12.6. The van der Waals surface area contributed by atoms with Crippen LogP contribution in [0.25, 0.3) is 12.2 Å². The summed E-state index contributed by atoms with van der Waals surface area (Å²) < 4.78 is 48.9. The summed E-state index contributed by atoms with van der Waals surface area (Å²) in [5, 5.41) is 0. The third-order valence-electron chi connectivity index (χ3n) is 4.46. The van der Waals surface area contributed by atoms with Crippen molar-refractivity contribution in [3.8, 4) is 5.75 Å². The molecule has 31 heavy (non-hydrogen) atoms. The van der Waals surface area contributed by atoms with Gasteiger partial charge in [0.25, 0.3) is 0 Å². The van der Waals surface area contributed by atoms with Crippen molar-refractivity contribution in [1.82, 2.24) is 4.98 Å². The van der Waals surface area contributed by atoms with E-state index in [0.29, 0.717) is 23.7 Å². The van der Waals surface area contributed by atoms with Crippen LogP contribution in [0.4, 0.5) is 13.2 Å². The van der Waals surface area contributed by atoms with E-state index >= 15 is 0 Å². The smallest absolute Gasteiger partial charge is 0.416 e. The predicted molar refractivity (Wildman–Crippen MR) is 117 cm³/mol. The first-order chi connectivity index (χ1) is 14.4. The molecule has 0 aliphatic rings. The lowest BCUT2D eigenvalue weighted by Gasteiger charge is -2.05. The highest BCUT2D eigenvalue weighted by Gasteiger charge is 2.29. The highest BCUT2D eigenvalue weighted by Crippen LogP contribution is 2.29. The van der Waals surface area contributed by atoms with Crippen molar-refractivity contribution in [2.75, 3.05) is 6.54 Å². The Labute approximate surface area is 185 Å². The molecular formula is C23H24ClF3N2O2. The van der Waals surface area contributed by atoms with Gasteiger partial charge in [-0.15, -0.1) is 12.4 Å². The molecule has 0 bridgehead atoms. The van der Waals surface area contributed by atoms with Crippen LogP contribution in [-0.4, -0.2) is 11.5 Å². The zero-order chi connectivity index (χ0) is 21.4. The highest BCUT2D eigenvalue weighted by molar-refractivity contribution is 5.85. The lowest BCUT2D eigenvalue weighted by Crippen LogP contribution is -2.03. The highest BCUT2D eigenvalue weighted by atomic mass is 35.5. The Balaban J connectivity index is 0.00000341. The van der Waals surface area contributed by atoms with E-state index in [4.69, 9.17) is 14.9 Å². The van der Waals surface area contributed by atoms with Gasteiger partial charge in [0.1, 0.15) is 24.3 Å². The van der Waals surface area contributed by atoms with Gasteiger partial charge >= 0.3 is 6.18 Å². The van der Waals surface area contributed by atoms with Crippen LogP contribution >= 0.6 is 12.4 Å². The van der Waals surface area contributed by atoms with Gasteiger partial charge in [0.2, 0.25) is 5.89 Å². The van der Waals surface area contributed by atoms with Crippen molar-refractivity contribution >= 4 is 24.6 Å². The Bertz CT molecular complexity index is 952. The first-order valence-electron chi connectivity index (χ1n) is 9.65. The van der Waals surface area contributed by atoms with Crippen LogP contribution in [0.1, 0.15) is 41.1 Å². The molecule has 8 heteroatoms. The molecule has 166 valence electrons. The van der Waals surface area contributed by atoms with E-state index in [2.05, 4.69) is 4.98 Å². The van der Waals surface area contributed by atoms with Gasteiger partial charge in [-0.1, -0.05) is 24.3 Å². The maximum atomic E-state index is 12.6. The fourth-order valence-corrected chi connectivity index (χ4v) is 2.80. The van der Waals surface area contributed by atoms with Gasteiger partial charge < -0.3 is 14.9 Å². The van der Waals surface area contributed by atoms with Gasteiger partial charge in [0, 0.05) is 6.08 Å². The number of oxazole rings is 1. The Hall–Kier alpha value is -2.77. The van der Waals surface area contributed by atoms with Crippen molar-refractivity contribution in [3.05, 3.63) is 83.1 Å². The summed E-state index contributed by atoms with van der Waals surface area (Å²) in [5.41, 5.74) is 7.30. The average Bonchev–Trinajstić information content (AvgIpc) is 3.19. The summed E-state index contributed by atoms with van der Waals surface area (Å²) in [7, 11) is 0. The van der Waals surface area contributed by atoms with Crippen molar-refractivity contribution in [2.24, 2.45) is 5.73 Å². The molecule has 3 aromatic rings. The monoisotopic (exact) mass is 452 g/mol. The number of rotatable bonds is 9. The molecule has 0 unspecified atom stereocenters. The third-order valence-corrected chi connectivity index (χ3v) is 4.46. The molecule has 0 radical (unpaired) electrons. The second-order valence-corrected chi connectivity index (χ2v) is 6.81. The minimum absolute atomic E-state index is 0. The van der Waals surface area contributed by atoms with Crippen molar-refractivity contribution in [1.29, 1.82) is 0 Å². The molecule has 2 N–H and O–H groups in total. The van der Waals surface area contributed by atoms with E-state index < -0.39 is 11.7 Å². The summed E-state index contributed by atoms with van der Waals surface area (Å²) >= 11 is 0. The topological polar surface area (TPSA) is 61.3 Å². The molecular weight excluding hydrogens is 429 g/mol. The van der Waals surface area contributed by atoms with Crippen LogP contribution in [0.5, 0.6) is 5.75 Å². The number of nitrogens with zero attached hydrogens (tertiary/aromatic N) is 1. The molecule has 4 nitrogen and oxygen atoms in total. The van der Waals surface area contributed by atoms with Gasteiger partial charge in [0.05, 0.1) is 5.56 Å². The first-order valence-corrected chi connectivity index (χ1v) is 9.65. The normalized spacial score (nSPS) is 11.5. The zero-order valence-electron chi connectivity index (χ0n) is 16.8. The number of halogens is 4. The number of unbranched alkanes of at least 4 members (excludes halogenated alkanes) is 1. The van der Waals surface area contributed by atoms with Crippen LogP contribution in [0.2, 0.25) is 0 Å². The summed E-state index contributed by atoms with van der Waals surface area (Å²) in [6.07, 6.45) is 3.47. The number of ether oxygens (including phenoxy) is 1. The number of hydrogen-bond acceptors (Lipinski definition) is 4. The number of hydrogen-bond donors (Lipinski definition) is 1. The van der Waals surface area contributed by atoms with Gasteiger partial charge in [-0.25, -0.2) is 4.98 Å². The molecule has 0 atom stereocenters. The van der Waals surface area contributed by atoms with Crippen LogP contribution in [0.15, 0.2) is 59.2 Å². The van der Waals surface area contributed by atoms with E-state index in [9.17, 15) is 13.2 Å². The summed E-state index contributed by atoms with van der Waals surface area (Å²) in [4.78, 5) is 4.29. The minimum atomic E-state index is -4.34. The Morgan fingerprint density at radius 2 is 1.68 bits per heavy atom. The van der Waals surface area contributed by atoms with Crippen molar-refractivity contribution < 1.29 is 22.3 Å². The van der Waals surface area contributed by atoms with E-state index in [-0.39, 0.29) is 19.0 Å². The van der Waals surface area contributed by atoms with Crippen LogP contribution < -0.4 is 10.5 Å². The van der Waals surface area contributed by atoms with E-state index in [1.54, 1.807) is 12.2 Å². The van der Waals surface area contributed by atoms with Crippen molar-refractivity contribution in [2.45, 2.75) is 32.0 Å². The Morgan fingerprint density at radius 3 is 2.32 bits per heavy atom. The SMILES string of the molecule is Cl.NCCCCc1ccc(OCc2coc(C=Cc3ccc(C(F)(F)F)cc3)n2)cc1. The van der Waals surface area contributed by atoms with Crippen LogP contribution in [0.3, 0.4) is 0 Å². The fourth-order valence-electron chi connectivity index (χ4n) is 2.80. The Morgan fingerprint density at radius 1 is 0.968 bits per heavy atom. The molecule has 0 saturated carbocycles. The molecule has 1 aromatic heterocycles. The molecule has 0 saturated heterocycles. The van der Waals surface area contributed by atoms with Gasteiger partial charge in [0.15, 0.2) is 0 Å². The van der Waals surface area contributed by atoms with E-state index in [1.165, 1.54) is 24.0 Å². The van der Waals surface area contributed by atoms with Gasteiger partial charge in [-0.2, -0.15) is 13.2 Å². The standard InChI is InChI=1S/C23H23F3N2O2.ClH/c24-23(25,26)19-9-4-18(5-10-19)8-13-22-28-20(16-30-22)15-29-21-11-6-17(7-12-21)3-1-2-14-27;/h4-13,16H,1-3,14-15,27H2;1H. The minimum Gasteiger partial charge on any atom is -0.487 e. The zero-order valence-corrected chi connectivity index (χ0v) is 17.6. The molecule has 0 spiro atoms. The van der Waals surface area contributed by atoms with Crippen LogP contribution in [-0.2, 0) is 19.2 Å². The van der Waals surface area contributed by atoms with E-state index in [1.807, 2.05) is 24.3 Å². The van der Waals surface area contributed by atoms with Gasteiger partial charge in [-0.3, -0.25) is 0 Å². The van der Waals surface area contributed by atoms with Gasteiger partial charge in [-0.05, 0) is 67.3 Å². The second-order valence-electron chi connectivity index (χ2n) is 6.81. The average molecular weight is 453 g/mol. The molecule has 1 heterocycles. The summed E-state index contributed by atoms with van der Waals surface area (Å²) in [6, 6.07) is 12.8. The molecule has 0 fully saturated rings. The fraction of sp³-hybridized carbons (Fsp3) is 0.261. The number of benzene rings is 2. The molecule has 0 amide bonds. The maximum Gasteiger partial charge on any atom is 0.416 e. The first kappa shape index (κ1) is 24.5. The number of aryl methyl sites for hydroxylation is 1.